The molecule has 0 fully saturated rings. The molecule has 0 saturated carbocycles. The van der Waals surface area contributed by atoms with Gasteiger partial charge in [0.1, 0.15) is 5.82 Å². The van der Waals surface area contributed by atoms with Crippen molar-refractivity contribution in [2.45, 2.75) is 6.54 Å². The van der Waals surface area contributed by atoms with E-state index in [1.807, 2.05) is 0 Å². The Hall–Kier alpha value is -2.76. The third-order valence-corrected chi connectivity index (χ3v) is 3.02. The van der Waals surface area contributed by atoms with Crippen LogP contribution in [0.2, 0.25) is 0 Å². The Bertz CT molecular complexity index is 797. The van der Waals surface area contributed by atoms with E-state index in [0.717, 1.165) is 0 Å². The number of nitrogens with zero attached hydrogens (tertiary/aromatic N) is 3. The van der Waals surface area contributed by atoms with Crippen LogP contribution < -0.4 is 5.73 Å². The maximum absolute atomic E-state index is 13.7. The van der Waals surface area contributed by atoms with Gasteiger partial charge < -0.3 is 5.73 Å². The highest BCUT2D eigenvalue weighted by atomic mass is 19.1. The smallest absolute Gasteiger partial charge is 0.269 e. The van der Waals surface area contributed by atoms with Gasteiger partial charge in [-0.05, 0) is 18.2 Å². The van der Waals surface area contributed by atoms with Gasteiger partial charge in [-0.15, -0.1) is 0 Å². The summed E-state index contributed by atoms with van der Waals surface area (Å²) >= 11 is 0. The predicted molar refractivity (Wildman–Crippen MR) is 71.5 cm³/mol. The molecule has 5 nitrogen and oxygen atoms in total. The fourth-order valence-electron chi connectivity index (χ4n) is 2.09. The molecule has 0 bridgehead atoms. The van der Waals surface area contributed by atoms with Crippen molar-refractivity contribution in [3.8, 4) is 0 Å². The van der Waals surface area contributed by atoms with Crippen LogP contribution in [-0.4, -0.2) is 20.7 Å². The van der Waals surface area contributed by atoms with Gasteiger partial charge in [-0.1, -0.05) is 18.2 Å². The number of aromatic nitrogens is 3. The molecule has 0 aliphatic heterocycles. The van der Waals surface area contributed by atoms with E-state index in [0.29, 0.717) is 16.6 Å². The second-order valence-electron chi connectivity index (χ2n) is 4.34. The molecule has 1 amide bonds. The second-order valence-corrected chi connectivity index (χ2v) is 4.34. The van der Waals surface area contributed by atoms with E-state index in [9.17, 15) is 9.18 Å². The Balaban J connectivity index is 2.13. The van der Waals surface area contributed by atoms with Crippen molar-refractivity contribution in [3.05, 3.63) is 59.7 Å². The highest BCUT2D eigenvalue weighted by molar-refractivity contribution is 6.03. The summed E-state index contributed by atoms with van der Waals surface area (Å²) in [6.45, 7) is 0.188. The highest BCUT2D eigenvalue weighted by Crippen LogP contribution is 2.18. The zero-order chi connectivity index (χ0) is 14.1. The summed E-state index contributed by atoms with van der Waals surface area (Å²) in [5, 5.41) is 4.70. The van der Waals surface area contributed by atoms with Gasteiger partial charge in [-0.25, -0.2) is 14.1 Å². The normalized spacial score (nSPS) is 10.8. The molecule has 6 heteroatoms. The lowest BCUT2D eigenvalue weighted by atomic mass is 10.2. The van der Waals surface area contributed by atoms with Gasteiger partial charge in [-0.3, -0.25) is 4.79 Å². The molecule has 2 N–H and O–H groups in total. The molecule has 3 rings (SSSR count). The maximum Gasteiger partial charge on any atom is 0.269 e. The van der Waals surface area contributed by atoms with Crippen molar-refractivity contribution in [3.63, 3.8) is 0 Å². The monoisotopic (exact) mass is 270 g/mol. The van der Waals surface area contributed by atoms with Crippen LogP contribution in [0.15, 0.2) is 42.6 Å². The lowest BCUT2D eigenvalue weighted by Crippen LogP contribution is -2.13. The van der Waals surface area contributed by atoms with Gasteiger partial charge in [0.15, 0.2) is 11.3 Å². The maximum atomic E-state index is 13.7. The minimum absolute atomic E-state index is 0.143. The largest absolute Gasteiger partial charge is 0.364 e. The highest BCUT2D eigenvalue weighted by Gasteiger charge is 2.16. The molecule has 2 aromatic heterocycles. The van der Waals surface area contributed by atoms with Gasteiger partial charge >= 0.3 is 0 Å². The Morgan fingerprint density at radius 3 is 2.80 bits per heavy atom. The molecule has 0 atom stereocenters. The summed E-state index contributed by atoms with van der Waals surface area (Å²) in [6, 6.07) is 9.82. The van der Waals surface area contributed by atoms with Gasteiger partial charge in [0.25, 0.3) is 5.91 Å². The Kier molecular flexibility index (Phi) is 2.90. The molecule has 1 aromatic carbocycles. The molecule has 2 heterocycles. The number of hydrogen-bond acceptors (Lipinski definition) is 3. The van der Waals surface area contributed by atoms with Crippen molar-refractivity contribution >= 4 is 16.9 Å². The molecule has 0 saturated heterocycles. The Labute approximate surface area is 113 Å². The number of hydrogen-bond donors (Lipinski definition) is 1. The van der Waals surface area contributed by atoms with Gasteiger partial charge in [-0.2, -0.15) is 5.10 Å². The van der Waals surface area contributed by atoms with E-state index in [1.165, 1.54) is 10.7 Å². The number of fused-ring (bicyclic) bond motifs is 1. The first kappa shape index (κ1) is 12.3. The average molecular weight is 270 g/mol. The minimum atomic E-state index is -0.629. The number of carbonyl (C=O) groups excluding carboxylic acids is 1. The van der Waals surface area contributed by atoms with Crippen molar-refractivity contribution in [1.29, 1.82) is 0 Å². The average Bonchev–Trinajstić information content (AvgIpc) is 2.81. The first-order chi connectivity index (χ1) is 9.66. The first-order valence-corrected chi connectivity index (χ1v) is 6.01. The van der Waals surface area contributed by atoms with Crippen LogP contribution >= 0.6 is 0 Å². The Morgan fingerprint density at radius 2 is 2.05 bits per heavy atom. The van der Waals surface area contributed by atoms with Crippen molar-refractivity contribution in [2.75, 3.05) is 0 Å². The van der Waals surface area contributed by atoms with Crippen LogP contribution in [0.4, 0.5) is 4.39 Å². The number of amides is 1. The number of pyridine rings is 1. The molecule has 100 valence electrons. The van der Waals surface area contributed by atoms with Crippen LogP contribution in [0.5, 0.6) is 0 Å². The fraction of sp³-hybridized carbons (Fsp3) is 0.0714. The molecule has 0 aliphatic rings. The number of benzene rings is 1. The number of rotatable bonds is 3. The molecule has 0 radical (unpaired) electrons. The SMILES string of the molecule is NC(=O)c1nn(Cc2ccccc2F)c2ncccc12. The molecule has 3 aromatic rings. The zero-order valence-corrected chi connectivity index (χ0v) is 10.5. The third-order valence-electron chi connectivity index (χ3n) is 3.02. The van der Waals surface area contributed by atoms with E-state index in [1.54, 1.807) is 36.5 Å². The van der Waals surface area contributed by atoms with Crippen LogP contribution in [0.3, 0.4) is 0 Å². The van der Waals surface area contributed by atoms with E-state index < -0.39 is 5.91 Å². The lowest BCUT2D eigenvalue weighted by Gasteiger charge is -2.04. The minimum Gasteiger partial charge on any atom is -0.364 e. The summed E-state index contributed by atoms with van der Waals surface area (Å²) in [5.41, 5.74) is 6.42. The third kappa shape index (κ3) is 2.01. The summed E-state index contributed by atoms with van der Waals surface area (Å²) < 4.78 is 15.2. The van der Waals surface area contributed by atoms with Gasteiger partial charge in [0.2, 0.25) is 0 Å². The van der Waals surface area contributed by atoms with Crippen molar-refractivity contribution in [1.82, 2.24) is 14.8 Å². The summed E-state index contributed by atoms with van der Waals surface area (Å²) in [4.78, 5) is 15.6. The van der Waals surface area contributed by atoms with Gasteiger partial charge in [0, 0.05) is 11.8 Å². The number of nitrogens with two attached hydrogens (primary N) is 1. The number of carbonyl (C=O) groups is 1. The van der Waals surface area contributed by atoms with E-state index in [2.05, 4.69) is 10.1 Å². The molecular formula is C14H11FN4O. The lowest BCUT2D eigenvalue weighted by molar-refractivity contribution is 0.0996. The molecule has 0 aliphatic carbocycles. The molecule has 20 heavy (non-hydrogen) atoms. The van der Waals surface area contributed by atoms with Crippen LogP contribution in [0.1, 0.15) is 16.1 Å². The second kappa shape index (κ2) is 4.73. The fourth-order valence-corrected chi connectivity index (χ4v) is 2.09. The quantitative estimate of drug-likeness (QED) is 0.787. The first-order valence-electron chi connectivity index (χ1n) is 6.01. The van der Waals surface area contributed by atoms with Crippen molar-refractivity contribution < 1.29 is 9.18 Å². The standard InChI is InChI=1S/C14H11FN4O/c15-11-6-2-1-4-9(11)8-19-14-10(5-3-7-17-14)12(18-19)13(16)20/h1-7H,8H2,(H2,16,20). The van der Waals surface area contributed by atoms with Crippen LogP contribution in [0.25, 0.3) is 11.0 Å². The summed E-state index contributed by atoms with van der Waals surface area (Å²) in [6.07, 6.45) is 1.59. The molecule has 0 unspecified atom stereocenters. The number of primary amides is 1. The molecular weight excluding hydrogens is 259 g/mol. The molecule has 0 spiro atoms. The van der Waals surface area contributed by atoms with E-state index in [-0.39, 0.29) is 18.1 Å². The summed E-state index contributed by atoms with van der Waals surface area (Å²) in [7, 11) is 0. The number of halogens is 1. The zero-order valence-electron chi connectivity index (χ0n) is 10.5. The summed E-state index contributed by atoms with van der Waals surface area (Å²) in [5.74, 6) is -0.956. The van der Waals surface area contributed by atoms with E-state index in [4.69, 9.17) is 5.73 Å². The van der Waals surface area contributed by atoms with Crippen molar-refractivity contribution in [2.24, 2.45) is 5.73 Å². The van der Waals surface area contributed by atoms with E-state index >= 15 is 0 Å². The van der Waals surface area contributed by atoms with Crippen LogP contribution in [-0.2, 0) is 6.54 Å². The predicted octanol–water partition coefficient (Wildman–Crippen LogP) is 1.72. The Morgan fingerprint density at radius 1 is 1.25 bits per heavy atom. The topological polar surface area (TPSA) is 73.8 Å². The van der Waals surface area contributed by atoms with Crippen LogP contribution in [0, 0.1) is 5.82 Å². The van der Waals surface area contributed by atoms with Gasteiger partial charge in [0.05, 0.1) is 11.9 Å².